The zero-order chi connectivity index (χ0) is 19.7. The van der Waals surface area contributed by atoms with Crippen molar-refractivity contribution in [2.24, 2.45) is 0 Å². The van der Waals surface area contributed by atoms with Crippen LogP contribution in [0.25, 0.3) is 11.5 Å². The highest BCUT2D eigenvalue weighted by molar-refractivity contribution is 5.65. The Hall–Kier alpha value is -2.99. The van der Waals surface area contributed by atoms with Crippen LogP contribution in [0.15, 0.2) is 59.1 Å². The molecule has 148 valence electrons. The Balaban J connectivity index is 1.30. The Morgan fingerprint density at radius 1 is 1.14 bits per heavy atom. The largest absolute Gasteiger partial charge is 0.428 e. The lowest BCUT2D eigenvalue weighted by atomic mass is 9.68. The van der Waals surface area contributed by atoms with Gasteiger partial charge in [-0.15, -0.1) is 0 Å². The van der Waals surface area contributed by atoms with Crippen molar-refractivity contribution in [3.63, 3.8) is 0 Å². The lowest BCUT2D eigenvalue weighted by Gasteiger charge is -2.39. The van der Waals surface area contributed by atoms with Gasteiger partial charge < -0.3 is 14.6 Å². The van der Waals surface area contributed by atoms with Crippen LogP contribution in [0, 0.1) is 0 Å². The first kappa shape index (κ1) is 18.1. The first-order chi connectivity index (χ1) is 14.3. The zero-order valence-electron chi connectivity index (χ0n) is 16.1. The van der Waals surface area contributed by atoms with E-state index in [0.717, 1.165) is 25.2 Å². The van der Waals surface area contributed by atoms with E-state index in [2.05, 4.69) is 45.8 Å². The smallest absolute Gasteiger partial charge is 0.298 e. The molecule has 29 heavy (non-hydrogen) atoms. The summed E-state index contributed by atoms with van der Waals surface area (Å²) >= 11 is 0. The lowest BCUT2D eigenvalue weighted by molar-refractivity contribution is -0.120. The molecule has 2 fully saturated rings. The quantitative estimate of drug-likeness (QED) is 0.590. The Morgan fingerprint density at radius 2 is 1.93 bits per heavy atom. The van der Waals surface area contributed by atoms with Crippen molar-refractivity contribution in [2.75, 3.05) is 6.54 Å². The van der Waals surface area contributed by atoms with Crippen LogP contribution in [0.3, 0.4) is 0 Å². The summed E-state index contributed by atoms with van der Waals surface area (Å²) in [5.41, 5.74) is 1.96. The van der Waals surface area contributed by atoms with E-state index < -0.39 is 0 Å². The van der Waals surface area contributed by atoms with Gasteiger partial charge in [-0.1, -0.05) is 54.0 Å². The summed E-state index contributed by atoms with van der Waals surface area (Å²) in [6.45, 7) is 1.26. The standard InChI is InChI=1S/C23H23N3O3/c27-15-28-20-10-5-4-9-17(20)21-25-22(26-29-21)23(11-6-12-23)14-24-19-13-18(19)16-7-2-1-3-8-16/h1-5,7-10,15,18-19,24H,6,11-14H2/t18?,19-/m0/s1. The maximum atomic E-state index is 10.8. The van der Waals surface area contributed by atoms with Crippen LogP contribution >= 0.6 is 0 Å². The minimum atomic E-state index is -0.0773. The third-order valence-corrected chi connectivity index (χ3v) is 6.22. The van der Waals surface area contributed by atoms with Crippen molar-refractivity contribution in [3.05, 3.63) is 66.0 Å². The molecule has 2 saturated carbocycles. The van der Waals surface area contributed by atoms with Gasteiger partial charge in [0.15, 0.2) is 5.82 Å². The minimum absolute atomic E-state index is 0.0773. The van der Waals surface area contributed by atoms with Crippen molar-refractivity contribution in [1.29, 1.82) is 0 Å². The first-order valence-corrected chi connectivity index (χ1v) is 10.1. The second-order valence-corrected chi connectivity index (χ2v) is 8.01. The Morgan fingerprint density at radius 3 is 2.69 bits per heavy atom. The number of carbonyl (C=O) groups is 1. The van der Waals surface area contributed by atoms with Crippen molar-refractivity contribution in [3.8, 4) is 17.2 Å². The van der Waals surface area contributed by atoms with E-state index in [9.17, 15) is 4.79 Å². The number of nitrogens with zero attached hydrogens (tertiary/aromatic N) is 2. The van der Waals surface area contributed by atoms with Gasteiger partial charge in [0, 0.05) is 23.9 Å². The van der Waals surface area contributed by atoms with Crippen molar-refractivity contribution < 1.29 is 14.1 Å². The van der Waals surface area contributed by atoms with E-state index in [0.29, 0.717) is 35.6 Å². The second kappa shape index (κ2) is 7.44. The molecule has 2 atom stereocenters. The molecule has 0 radical (unpaired) electrons. The van der Waals surface area contributed by atoms with Crippen molar-refractivity contribution in [1.82, 2.24) is 15.5 Å². The van der Waals surface area contributed by atoms with Gasteiger partial charge in [0.05, 0.1) is 5.56 Å². The number of carbonyl (C=O) groups excluding carboxylic acids is 1. The molecule has 6 nitrogen and oxygen atoms in total. The predicted octanol–water partition coefficient (Wildman–Crippen LogP) is 3.84. The molecule has 0 bridgehead atoms. The molecule has 0 amide bonds. The molecule has 2 aromatic carbocycles. The van der Waals surface area contributed by atoms with Gasteiger partial charge in [0.25, 0.3) is 12.4 Å². The third kappa shape index (κ3) is 3.44. The normalized spacial score (nSPS) is 21.9. The number of hydrogen-bond acceptors (Lipinski definition) is 6. The second-order valence-electron chi connectivity index (χ2n) is 8.01. The van der Waals surface area contributed by atoms with Crippen LogP contribution < -0.4 is 10.1 Å². The van der Waals surface area contributed by atoms with Gasteiger partial charge in [-0.25, -0.2) is 0 Å². The molecular weight excluding hydrogens is 366 g/mol. The average molecular weight is 389 g/mol. The van der Waals surface area contributed by atoms with Gasteiger partial charge >= 0.3 is 0 Å². The fraction of sp³-hybridized carbons (Fsp3) is 0.348. The summed E-state index contributed by atoms with van der Waals surface area (Å²) in [5.74, 6) is 2.14. The van der Waals surface area contributed by atoms with Gasteiger partial charge in [-0.05, 0) is 37.0 Å². The molecule has 3 aromatic rings. The molecule has 2 aliphatic rings. The number of ether oxygens (including phenoxy) is 1. The summed E-state index contributed by atoms with van der Waals surface area (Å²) in [6, 6.07) is 18.4. The monoisotopic (exact) mass is 389 g/mol. The number of hydrogen-bond donors (Lipinski definition) is 1. The lowest BCUT2D eigenvalue weighted by Crippen LogP contribution is -2.45. The molecule has 2 aliphatic carbocycles. The zero-order valence-corrected chi connectivity index (χ0v) is 16.1. The maximum Gasteiger partial charge on any atom is 0.298 e. The summed E-state index contributed by atoms with van der Waals surface area (Å²) < 4.78 is 10.6. The van der Waals surface area contributed by atoms with E-state index in [-0.39, 0.29) is 5.41 Å². The summed E-state index contributed by atoms with van der Waals surface area (Å²) in [6.07, 6.45) is 4.44. The topological polar surface area (TPSA) is 77.2 Å². The number of rotatable bonds is 8. The van der Waals surface area contributed by atoms with Crippen molar-refractivity contribution in [2.45, 2.75) is 43.1 Å². The van der Waals surface area contributed by atoms with E-state index in [1.807, 2.05) is 12.1 Å². The van der Waals surface area contributed by atoms with E-state index in [4.69, 9.17) is 9.26 Å². The van der Waals surface area contributed by atoms with Crippen LogP contribution in [-0.2, 0) is 10.2 Å². The molecule has 1 N–H and O–H groups in total. The van der Waals surface area contributed by atoms with Crippen LogP contribution in [0.1, 0.15) is 43.0 Å². The highest BCUT2D eigenvalue weighted by atomic mass is 16.5. The van der Waals surface area contributed by atoms with E-state index in [1.165, 1.54) is 18.4 Å². The summed E-state index contributed by atoms with van der Waals surface area (Å²) in [7, 11) is 0. The fourth-order valence-electron chi connectivity index (χ4n) is 4.24. The van der Waals surface area contributed by atoms with Gasteiger partial charge in [0.1, 0.15) is 5.75 Å². The Kier molecular flexibility index (Phi) is 4.64. The number of aromatic nitrogens is 2. The third-order valence-electron chi connectivity index (χ3n) is 6.22. The Bertz CT molecular complexity index is 997. The van der Waals surface area contributed by atoms with Crippen LogP contribution in [0.5, 0.6) is 5.75 Å². The maximum absolute atomic E-state index is 10.8. The minimum Gasteiger partial charge on any atom is -0.428 e. The van der Waals surface area contributed by atoms with Crippen molar-refractivity contribution >= 4 is 6.47 Å². The number of benzene rings is 2. The average Bonchev–Trinajstić information content (AvgIpc) is 3.34. The molecule has 0 aliphatic heterocycles. The molecular formula is C23H23N3O3. The summed E-state index contributed by atoms with van der Waals surface area (Å²) in [5, 5.41) is 8.03. The van der Waals surface area contributed by atoms with Crippen LogP contribution in [-0.4, -0.2) is 29.2 Å². The molecule has 1 heterocycles. The SMILES string of the molecule is O=COc1ccccc1-c1nc(C2(CN[C@H]3CC3c3ccccc3)CCC2)no1. The van der Waals surface area contributed by atoms with E-state index in [1.54, 1.807) is 12.1 Å². The fourth-order valence-corrected chi connectivity index (χ4v) is 4.24. The number of para-hydroxylation sites is 1. The molecule has 0 spiro atoms. The molecule has 1 unspecified atom stereocenters. The van der Waals surface area contributed by atoms with Crippen LogP contribution in [0.2, 0.25) is 0 Å². The highest BCUT2D eigenvalue weighted by Crippen LogP contribution is 2.45. The van der Waals surface area contributed by atoms with Gasteiger partial charge in [-0.3, -0.25) is 4.79 Å². The predicted molar refractivity (Wildman–Crippen MR) is 108 cm³/mol. The van der Waals surface area contributed by atoms with Crippen LogP contribution in [0.4, 0.5) is 0 Å². The van der Waals surface area contributed by atoms with Gasteiger partial charge in [0.2, 0.25) is 0 Å². The number of nitrogens with one attached hydrogen (secondary N) is 1. The molecule has 6 heteroatoms. The first-order valence-electron chi connectivity index (χ1n) is 10.1. The molecule has 5 rings (SSSR count). The Labute approximate surface area is 169 Å². The summed E-state index contributed by atoms with van der Waals surface area (Å²) in [4.78, 5) is 15.4. The van der Waals surface area contributed by atoms with Gasteiger partial charge in [-0.2, -0.15) is 4.98 Å². The molecule has 1 aromatic heterocycles. The molecule has 0 saturated heterocycles. The van der Waals surface area contributed by atoms with E-state index >= 15 is 0 Å². The highest BCUT2D eigenvalue weighted by Gasteiger charge is 2.46.